The van der Waals surface area contributed by atoms with Gasteiger partial charge in [-0.05, 0) is 63.6 Å². The minimum absolute atomic E-state index is 0.0904. The fourth-order valence-corrected chi connectivity index (χ4v) is 5.81. The standard InChI is InChI=1S/C27H40N4O3/c1-3-5-6-17-30(20-12-10-19(11-13-20)28-16-4-2)23-9-7-8-21-22(23)18-31(27(21)34)24-14-15-25(32)29-26(24)33/h7-9,19-20,24,28H,3-6,10-18H2,1-2H3,(H,29,32,33). The van der Waals surface area contributed by atoms with E-state index >= 15 is 0 Å². The van der Waals surface area contributed by atoms with Crippen molar-refractivity contribution in [3.05, 3.63) is 29.3 Å². The third-order valence-electron chi connectivity index (χ3n) is 7.69. The number of carbonyl (C=O) groups excluding carboxylic acids is 3. The number of imide groups is 1. The van der Waals surface area contributed by atoms with Crippen LogP contribution in [0, 0.1) is 0 Å². The lowest BCUT2D eigenvalue weighted by molar-refractivity contribution is -0.136. The molecule has 1 aromatic rings. The van der Waals surface area contributed by atoms with Crippen LogP contribution in [0.5, 0.6) is 0 Å². The summed E-state index contributed by atoms with van der Waals surface area (Å²) in [4.78, 5) is 41.7. The van der Waals surface area contributed by atoms with Gasteiger partial charge in [0, 0.05) is 48.4 Å². The highest BCUT2D eigenvalue weighted by Gasteiger charge is 2.40. The van der Waals surface area contributed by atoms with E-state index < -0.39 is 6.04 Å². The number of hydrogen-bond donors (Lipinski definition) is 2. The van der Waals surface area contributed by atoms with Crippen molar-refractivity contribution in [2.45, 2.75) is 103 Å². The van der Waals surface area contributed by atoms with E-state index in [4.69, 9.17) is 0 Å². The fourth-order valence-electron chi connectivity index (χ4n) is 5.81. The number of amides is 3. The van der Waals surface area contributed by atoms with E-state index in [1.807, 2.05) is 12.1 Å². The highest BCUT2D eigenvalue weighted by molar-refractivity contribution is 6.06. The summed E-state index contributed by atoms with van der Waals surface area (Å²) in [6.07, 6.45) is 10.0. The zero-order chi connectivity index (χ0) is 24.1. The largest absolute Gasteiger partial charge is 0.368 e. The van der Waals surface area contributed by atoms with Crippen molar-refractivity contribution < 1.29 is 14.4 Å². The number of anilines is 1. The first-order valence-electron chi connectivity index (χ1n) is 13.3. The van der Waals surface area contributed by atoms with Crippen LogP contribution in [0.15, 0.2) is 18.2 Å². The third kappa shape index (κ3) is 5.29. The number of nitrogens with one attached hydrogen (secondary N) is 2. The highest BCUT2D eigenvalue weighted by atomic mass is 16.2. The molecule has 0 aromatic heterocycles. The summed E-state index contributed by atoms with van der Waals surface area (Å²) in [5, 5.41) is 6.10. The topological polar surface area (TPSA) is 81.8 Å². The zero-order valence-electron chi connectivity index (χ0n) is 20.8. The molecule has 1 aromatic carbocycles. The molecule has 1 unspecified atom stereocenters. The van der Waals surface area contributed by atoms with Crippen LogP contribution in [-0.2, 0) is 16.1 Å². The predicted octanol–water partition coefficient (Wildman–Crippen LogP) is 3.76. The van der Waals surface area contributed by atoms with Crippen LogP contribution in [0.3, 0.4) is 0 Å². The predicted molar refractivity (Wildman–Crippen MR) is 134 cm³/mol. The lowest BCUT2D eigenvalue weighted by Gasteiger charge is -2.39. The van der Waals surface area contributed by atoms with Gasteiger partial charge in [0.1, 0.15) is 6.04 Å². The van der Waals surface area contributed by atoms with Crippen LogP contribution in [0.1, 0.15) is 94.0 Å². The van der Waals surface area contributed by atoms with Gasteiger partial charge in [-0.15, -0.1) is 0 Å². The Hall–Kier alpha value is -2.41. The van der Waals surface area contributed by atoms with Crippen molar-refractivity contribution >= 4 is 23.4 Å². The van der Waals surface area contributed by atoms with E-state index in [0.29, 0.717) is 30.6 Å². The van der Waals surface area contributed by atoms with Crippen molar-refractivity contribution in [3.63, 3.8) is 0 Å². The quantitative estimate of drug-likeness (QED) is 0.404. The Bertz CT molecular complexity index is 894. The number of hydrogen-bond acceptors (Lipinski definition) is 5. The minimum atomic E-state index is -0.570. The maximum absolute atomic E-state index is 13.3. The van der Waals surface area contributed by atoms with Gasteiger partial charge in [-0.3, -0.25) is 19.7 Å². The summed E-state index contributed by atoms with van der Waals surface area (Å²) in [7, 11) is 0. The first kappa shape index (κ1) is 24.7. The van der Waals surface area contributed by atoms with Crippen molar-refractivity contribution in [1.29, 1.82) is 0 Å². The molecule has 0 radical (unpaired) electrons. The number of rotatable bonds is 10. The molecule has 34 heavy (non-hydrogen) atoms. The molecule has 1 atom stereocenters. The molecule has 186 valence electrons. The Morgan fingerprint density at radius 1 is 1.03 bits per heavy atom. The van der Waals surface area contributed by atoms with E-state index in [-0.39, 0.29) is 24.1 Å². The Balaban J connectivity index is 1.54. The minimum Gasteiger partial charge on any atom is -0.368 e. The molecule has 2 fully saturated rings. The number of nitrogens with zero attached hydrogens (tertiary/aromatic N) is 2. The molecule has 7 nitrogen and oxygen atoms in total. The second-order valence-corrected chi connectivity index (χ2v) is 10.1. The molecule has 1 saturated carbocycles. The molecule has 3 amide bonds. The molecule has 0 bridgehead atoms. The Morgan fingerprint density at radius 3 is 2.53 bits per heavy atom. The second kappa shape index (κ2) is 11.3. The molecule has 2 heterocycles. The molecule has 0 spiro atoms. The van der Waals surface area contributed by atoms with Gasteiger partial charge in [-0.25, -0.2) is 0 Å². The molecule has 1 aliphatic carbocycles. The normalized spacial score (nSPS) is 24.8. The summed E-state index contributed by atoms with van der Waals surface area (Å²) in [6, 6.07) is 6.55. The van der Waals surface area contributed by atoms with E-state index in [2.05, 4.69) is 35.4 Å². The Morgan fingerprint density at radius 2 is 1.82 bits per heavy atom. The van der Waals surface area contributed by atoms with Crippen molar-refractivity contribution in [2.24, 2.45) is 0 Å². The summed E-state index contributed by atoms with van der Waals surface area (Å²) in [5.74, 6) is -0.693. The summed E-state index contributed by atoms with van der Waals surface area (Å²) in [5.41, 5.74) is 2.91. The van der Waals surface area contributed by atoms with Gasteiger partial charge in [0.05, 0.1) is 0 Å². The van der Waals surface area contributed by atoms with Gasteiger partial charge < -0.3 is 15.1 Å². The second-order valence-electron chi connectivity index (χ2n) is 10.1. The maximum atomic E-state index is 13.3. The van der Waals surface area contributed by atoms with Crippen LogP contribution < -0.4 is 15.5 Å². The number of unbranched alkanes of at least 4 members (excludes halogenated alkanes) is 2. The molecule has 3 aliphatic rings. The van der Waals surface area contributed by atoms with Gasteiger partial charge in [0.25, 0.3) is 5.91 Å². The van der Waals surface area contributed by atoms with E-state index in [1.165, 1.54) is 25.7 Å². The van der Waals surface area contributed by atoms with Gasteiger partial charge in [-0.2, -0.15) is 0 Å². The lowest BCUT2D eigenvalue weighted by Crippen LogP contribution is -2.52. The Labute approximate surface area is 203 Å². The van der Waals surface area contributed by atoms with E-state index in [9.17, 15) is 14.4 Å². The van der Waals surface area contributed by atoms with Gasteiger partial charge >= 0.3 is 0 Å². The van der Waals surface area contributed by atoms with Crippen molar-refractivity contribution in [2.75, 3.05) is 18.0 Å². The Kier molecular flexibility index (Phi) is 8.24. The van der Waals surface area contributed by atoms with Crippen LogP contribution in [0.2, 0.25) is 0 Å². The van der Waals surface area contributed by atoms with Gasteiger partial charge in [0.2, 0.25) is 11.8 Å². The SMILES string of the molecule is CCCCCN(c1cccc2c1CN(C1CCC(=O)NC1=O)C2=O)C1CCC(NCCC)CC1. The average Bonchev–Trinajstić information content (AvgIpc) is 3.18. The lowest BCUT2D eigenvalue weighted by atomic mass is 9.89. The number of benzene rings is 1. The van der Waals surface area contributed by atoms with Crippen LogP contribution in [0.4, 0.5) is 5.69 Å². The molecular formula is C27H40N4O3. The first-order valence-corrected chi connectivity index (χ1v) is 13.3. The number of piperidine rings is 1. The molecule has 4 rings (SSSR count). The monoisotopic (exact) mass is 468 g/mol. The summed E-state index contributed by atoms with van der Waals surface area (Å²) >= 11 is 0. The summed E-state index contributed by atoms with van der Waals surface area (Å²) in [6.45, 7) is 6.96. The molecule has 1 saturated heterocycles. The molecule has 2 N–H and O–H groups in total. The molecule has 7 heteroatoms. The number of carbonyl (C=O) groups is 3. The van der Waals surface area contributed by atoms with Crippen LogP contribution in [0.25, 0.3) is 0 Å². The van der Waals surface area contributed by atoms with Crippen LogP contribution >= 0.6 is 0 Å². The van der Waals surface area contributed by atoms with E-state index in [1.54, 1.807) is 4.90 Å². The van der Waals surface area contributed by atoms with Gasteiger partial charge in [0.15, 0.2) is 0 Å². The highest BCUT2D eigenvalue weighted by Crippen LogP contribution is 2.37. The molecule has 2 aliphatic heterocycles. The summed E-state index contributed by atoms with van der Waals surface area (Å²) < 4.78 is 0. The van der Waals surface area contributed by atoms with Gasteiger partial charge in [-0.1, -0.05) is 32.8 Å². The fraction of sp³-hybridized carbons (Fsp3) is 0.667. The third-order valence-corrected chi connectivity index (χ3v) is 7.69. The number of fused-ring (bicyclic) bond motifs is 1. The molecular weight excluding hydrogens is 428 g/mol. The smallest absolute Gasteiger partial charge is 0.255 e. The van der Waals surface area contributed by atoms with Crippen molar-refractivity contribution in [1.82, 2.24) is 15.5 Å². The maximum Gasteiger partial charge on any atom is 0.255 e. The zero-order valence-corrected chi connectivity index (χ0v) is 20.8. The van der Waals surface area contributed by atoms with Crippen molar-refractivity contribution in [3.8, 4) is 0 Å². The average molecular weight is 469 g/mol. The van der Waals surface area contributed by atoms with Crippen LogP contribution in [-0.4, -0.2) is 53.8 Å². The van der Waals surface area contributed by atoms with E-state index in [0.717, 1.165) is 50.0 Å². The first-order chi connectivity index (χ1) is 16.5.